The highest BCUT2D eigenvalue weighted by atomic mass is 32.2. The molecule has 1 amide bonds. The Balaban J connectivity index is 2.29. The van der Waals surface area contributed by atoms with Crippen molar-refractivity contribution in [3.8, 4) is 0 Å². The molecule has 1 saturated heterocycles. The van der Waals surface area contributed by atoms with Gasteiger partial charge in [0.05, 0.1) is 5.75 Å². The first-order chi connectivity index (χ1) is 8.83. The fourth-order valence-corrected chi connectivity index (χ4v) is 3.47. The lowest BCUT2D eigenvalue weighted by atomic mass is 10.3. The van der Waals surface area contributed by atoms with Gasteiger partial charge in [0.2, 0.25) is 15.9 Å². The molecule has 1 atom stereocenters. The van der Waals surface area contributed by atoms with E-state index in [0.29, 0.717) is 13.1 Å². The maximum absolute atomic E-state index is 11.8. The van der Waals surface area contributed by atoms with Crippen LogP contribution in [-0.4, -0.2) is 54.6 Å². The number of nitrogens with zero attached hydrogens (tertiary/aromatic N) is 1. The Kier molecular flexibility index (Phi) is 5.74. The second kappa shape index (κ2) is 6.85. The third kappa shape index (κ3) is 5.15. The number of nitrogens with one attached hydrogen (secondary N) is 1. The molecular formula is C11H20N2O5S. The molecule has 1 rings (SSSR count). The van der Waals surface area contributed by atoms with E-state index in [-0.39, 0.29) is 18.6 Å². The van der Waals surface area contributed by atoms with Crippen LogP contribution in [0.4, 0.5) is 0 Å². The van der Waals surface area contributed by atoms with E-state index in [9.17, 15) is 18.0 Å². The molecule has 0 unspecified atom stereocenters. The molecule has 1 aliphatic heterocycles. The maximum atomic E-state index is 11.8. The van der Waals surface area contributed by atoms with Gasteiger partial charge in [0, 0.05) is 19.5 Å². The third-order valence-electron chi connectivity index (χ3n) is 3.01. The smallest absolute Gasteiger partial charge is 0.325 e. The molecule has 0 saturated carbocycles. The SMILES string of the molecule is C[C@H](NC(=O)CCCS(=O)(=O)N1CCCC1)C(=O)O. The van der Waals surface area contributed by atoms with Crippen molar-refractivity contribution in [2.75, 3.05) is 18.8 Å². The first-order valence-electron chi connectivity index (χ1n) is 6.33. The van der Waals surface area contributed by atoms with E-state index in [2.05, 4.69) is 5.32 Å². The molecule has 0 aliphatic carbocycles. The van der Waals surface area contributed by atoms with Gasteiger partial charge in [-0.15, -0.1) is 0 Å². The summed E-state index contributed by atoms with van der Waals surface area (Å²) in [6, 6.07) is -0.956. The largest absolute Gasteiger partial charge is 0.480 e. The van der Waals surface area contributed by atoms with E-state index >= 15 is 0 Å². The first-order valence-corrected chi connectivity index (χ1v) is 7.94. The van der Waals surface area contributed by atoms with Gasteiger partial charge in [-0.25, -0.2) is 12.7 Å². The quantitative estimate of drug-likeness (QED) is 0.675. The van der Waals surface area contributed by atoms with Gasteiger partial charge < -0.3 is 10.4 Å². The lowest BCUT2D eigenvalue weighted by Crippen LogP contribution is -2.38. The lowest BCUT2D eigenvalue weighted by Gasteiger charge is -2.15. The second-order valence-electron chi connectivity index (χ2n) is 4.65. The van der Waals surface area contributed by atoms with Crippen molar-refractivity contribution in [1.29, 1.82) is 0 Å². The Morgan fingerprint density at radius 1 is 1.32 bits per heavy atom. The predicted molar refractivity (Wildman–Crippen MR) is 69.1 cm³/mol. The average molecular weight is 292 g/mol. The van der Waals surface area contributed by atoms with Gasteiger partial charge in [0.1, 0.15) is 6.04 Å². The van der Waals surface area contributed by atoms with Crippen molar-refractivity contribution in [2.45, 2.75) is 38.6 Å². The molecule has 110 valence electrons. The number of carbonyl (C=O) groups is 2. The molecule has 7 nitrogen and oxygen atoms in total. The number of sulfonamides is 1. The maximum Gasteiger partial charge on any atom is 0.325 e. The van der Waals surface area contributed by atoms with Crippen LogP contribution in [-0.2, 0) is 19.6 Å². The monoisotopic (exact) mass is 292 g/mol. The highest BCUT2D eigenvalue weighted by Gasteiger charge is 2.25. The van der Waals surface area contributed by atoms with Crippen molar-refractivity contribution < 1.29 is 23.1 Å². The van der Waals surface area contributed by atoms with E-state index in [1.807, 2.05) is 0 Å². The summed E-state index contributed by atoms with van der Waals surface area (Å²) in [5.74, 6) is -1.62. The number of amides is 1. The molecule has 1 heterocycles. The summed E-state index contributed by atoms with van der Waals surface area (Å²) in [7, 11) is -3.26. The number of hydrogen-bond donors (Lipinski definition) is 2. The summed E-state index contributed by atoms with van der Waals surface area (Å²) in [4.78, 5) is 21.9. The average Bonchev–Trinajstić information content (AvgIpc) is 2.82. The van der Waals surface area contributed by atoms with Gasteiger partial charge in [-0.2, -0.15) is 0 Å². The molecule has 0 aromatic carbocycles. The van der Waals surface area contributed by atoms with E-state index in [0.717, 1.165) is 12.8 Å². The number of carbonyl (C=O) groups excluding carboxylic acids is 1. The van der Waals surface area contributed by atoms with E-state index < -0.39 is 27.9 Å². The Morgan fingerprint density at radius 2 is 1.89 bits per heavy atom. The molecule has 8 heteroatoms. The van der Waals surface area contributed by atoms with Crippen LogP contribution >= 0.6 is 0 Å². The van der Waals surface area contributed by atoms with Crippen molar-refractivity contribution in [3.05, 3.63) is 0 Å². The fourth-order valence-electron chi connectivity index (χ4n) is 1.89. The molecule has 1 fully saturated rings. The summed E-state index contributed by atoms with van der Waals surface area (Å²) in [6.07, 6.45) is 1.99. The zero-order valence-electron chi connectivity index (χ0n) is 11.0. The number of rotatable bonds is 7. The summed E-state index contributed by atoms with van der Waals surface area (Å²) in [5.41, 5.74) is 0. The van der Waals surface area contributed by atoms with Gasteiger partial charge in [-0.1, -0.05) is 0 Å². The van der Waals surface area contributed by atoms with Crippen LogP contribution in [0.3, 0.4) is 0 Å². The fraction of sp³-hybridized carbons (Fsp3) is 0.818. The highest BCUT2D eigenvalue weighted by Crippen LogP contribution is 2.14. The summed E-state index contributed by atoms with van der Waals surface area (Å²) >= 11 is 0. The Morgan fingerprint density at radius 3 is 2.42 bits per heavy atom. The molecule has 0 radical (unpaired) electrons. The summed E-state index contributed by atoms with van der Waals surface area (Å²) in [5, 5.41) is 10.9. The molecule has 2 N–H and O–H groups in total. The second-order valence-corrected chi connectivity index (χ2v) is 6.74. The first kappa shape index (κ1) is 15.9. The number of hydrogen-bond acceptors (Lipinski definition) is 4. The van der Waals surface area contributed by atoms with Crippen LogP contribution in [0, 0.1) is 0 Å². The van der Waals surface area contributed by atoms with Crippen LogP contribution in [0.2, 0.25) is 0 Å². The van der Waals surface area contributed by atoms with Crippen LogP contribution in [0.15, 0.2) is 0 Å². The van der Waals surface area contributed by atoms with Crippen LogP contribution < -0.4 is 5.32 Å². The minimum absolute atomic E-state index is 0.0185. The zero-order chi connectivity index (χ0) is 14.5. The molecule has 0 aromatic heterocycles. The predicted octanol–water partition coefficient (Wildman–Crippen LogP) is -0.218. The van der Waals surface area contributed by atoms with Gasteiger partial charge >= 0.3 is 5.97 Å². The number of carboxylic acid groups (broad SMARTS) is 1. The minimum Gasteiger partial charge on any atom is -0.480 e. The Labute approximate surface area is 113 Å². The molecular weight excluding hydrogens is 272 g/mol. The molecule has 0 spiro atoms. The van der Waals surface area contributed by atoms with Crippen molar-refractivity contribution in [2.24, 2.45) is 0 Å². The van der Waals surface area contributed by atoms with Gasteiger partial charge in [-0.05, 0) is 26.2 Å². The van der Waals surface area contributed by atoms with Crippen LogP contribution in [0.5, 0.6) is 0 Å². The van der Waals surface area contributed by atoms with Gasteiger partial charge in [0.15, 0.2) is 0 Å². The Bertz CT molecular complexity index is 428. The highest BCUT2D eigenvalue weighted by molar-refractivity contribution is 7.89. The molecule has 1 aliphatic rings. The van der Waals surface area contributed by atoms with Gasteiger partial charge in [0.25, 0.3) is 0 Å². The third-order valence-corrected chi connectivity index (χ3v) is 4.97. The topological polar surface area (TPSA) is 104 Å². The molecule has 0 aromatic rings. The molecule has 19 heavy (non-hydrogen) atoms. The van der Waals surface area contributed by atoms with E-state index in [1.165, 1.54) is 11.2 Å². The molecule has 0 bridgehead atoms. The van der Waals surface area contributed by atoms with Crippen LogP contribution in [0.1, 0.15) is 32.6 Å². The van der Waals surface area contributed by atoms with Gasteiger partial charge in [-0.3, -0.25) is 9.59 Å². The zero-order valence-corrected chi connectivity index (χ0v) is 11.8. The van der Waals surface area contributed by atoms with Crippen molar-refractivity contribution in [1.82, 2.24) is 9.62 Å². The summed E-state index contributed by atoms with van der Waals surface area (Å²) < 4.78 is 25.1. The van der Waals surface area contributed by atoms with E-state index in [1.54, 1.807) is 0 Å². The minimum atomic E-state index is -3.26. The number of carboxylic acids is 1. The van der Waals surface area contributed by atoms with Crippen molar-refractivity contribution >= 4 is 21.9 Å². The normalized spacial score (nSPS) is 18.2. The van der Waals surface area contributed by atoms with Crippen LogP contribution in [0.25, 0.3) is 0 Å². The lowest BCUT2D eigenvalue weighted by molar-refractivity contribution is -0.141. The standard InChI is InChI=1S/C11H20N2O5S/c1-9(11(15)16)12-10(14)5-4-8-19(17,18)13-6-2-3-7-13/h9H,2-8H2,1H3,(H,12,14)(H,15,16)/t9-/m0/s1. The van der Waals surface area contributed by atoms with E-state index in [4.69, 9.17) is 5.11 Å². The summed E-state index contributed by atoms with van der Waals surface area (Å²) in [6.45, 7) is 2.48. The number of aliphatic carboxylic acids is 1. The Hall–Kier alpha value is -1.15. The van der Waals surface area contributed by atoms with Crippen molar-refractivity contribution in [3.63, 3.8) is 0 Å².